The molecule has 2 N–H and O–H groups in total. The van der Waals surface area contributed by atoms with Crippen molar-refractivity contribution in [3.8, 4) is 0 Å². The van der Waals surface area contributed by atoms with E-state index in [0.717, 1.165) is 31.5 Å². The van der Waals surface area contributed by atoms with Crippen LogP contribution in [0.15, 0.2) is 6.33 Å². The van der Waals surface area contributed by atoms with Crippen molar-refractivity contribution < 1.29 is 0 Å². The summed E-state index contributed by atoms with van der Waals surface area (Å²) in [5, 5.41) is 12.5. The van der Waals surface area contributed by atoms with Gasteiger partial charge in [-0.2, -0.15) is 9.61 Å². The zero-order valence-electron chi connectivity index (χ0n) is 10.3. The lowest BCUT2D eigenvalue weighted by atomic mass is 9.98. The molecule has 0 aliphatic carbocycles. The molecule has 0 aliphatic rings. The van der Waals surface area contributed by atoms with E-state index in [1.165, 1.54) is 6.33 Å². The van der Waals surface area contributed by atoms with Crippen molar-refractivity contribution in [3.63, 3.8) is 0 Å². The number of nitrogens with zero attached hydrogens (tertiary/aromatic N) is 5. The van der Waals surface area contributed by atoms with Crippen LogP contribution in [-0.4, -0.2) is 24.8 Å². The minimum Gasteiger partial charge on any atom is -0.380 e. The van der Waals surface area contributed by atoms with Gasteiger partial charge in [0.1, 0.15) is 6.33 Å². The molecule has 0 atom stereocenters. The Kier molecular flexibility index (Phi) is 3.51. The Morgan fingerprint density at radius 2 is 1.94 bits per heavy atom. The van der Waals surface area contributed by atoms with Gasteiger partial charge in [0, 0.05) is 5.92 Å². The third kappa shape index (κ3) is 2.20. The number of aromatic nitrogens is 5. The highest BCUT2D eigenvalue weighted by molar-refractivity contribution is 5.57. The van der Waals surface area contributed by atoms with Crippen LogP contribution in [0.25, 0.3) is 5.65 Å². The number of nitrogen functional groups attached to an aromatic ring is 1. The van der Waals surface area contributed by atoms with Crippen molar-refractivity contribution in [2.24, 2.45) is 0 Å². The summed E-state index contributed by atoms with van der Waals surface area (Å²) in [4.78, 5) is 3.92. The predicted molar refractivity (Wildman–Crippen MR) is 65.5 cm³/mol. The molecule has 17 heavy (non-hydrogen) atoms. The molecule has 0 amide bonds. The third-order valence-corrected chi connectivity index (χ3v) is 2.90. The monoisotopic (exact) mass is 234 g/mol. The Hall–Kier alpha value is -1.72. The highest BCUT2D eigenvalue weighted by Crippen LogP contribution is 2.25. The maximum Gasteiger partial charge on any atom is 0.220 e. The summed E-state index contributed by atoms with van der Waals surface area (Å²) in [6.45, 7) is 4.35. The van der Waals surface area contributed by atoms with Crippen molar-refractivity contribution in [2.45, 2.75) is 45.4 Å². The standard InChI is InChI=1S/C11H18N6/c1-3-5-8(6-4-2)10-15-16-11-9(12)13-7-14-17(10)11/h7-8H,3-6H2,1-2H3,(H2,12,13,14). The van der Waals surface area contributed by atoms with E-state index in [0.29, 0.717) is 17.4 Å². The first-order valence-corrected chi connectivity index (χ1v) is 6.09. The minimum absolute atomic E-state index is 0.380. The summed E-state index contributed by atoms with van der Waals surface area (Å²) in [7, 11) is 0. The predicted octanol–water partition coefficient (Wildman–Crippen LogP) is 1.79. The van der Waals surface area contributed by atoms with E-state index in [9.17, 15) is 0 Å². The fraction of sp³-hybridized carbons (Fsp3) is 0.636. The zero-order valence-corrected chi connectivity index (χ0v) is 10.3. The fourth-order valence-corrected chi connectivity index (χ4v) is 2.12. The van der Waals surface area contributed by atoms with Crippen LogP contribution in [0.3, 0.4) is 0 Å². The molecule has 0 unspecified atom stereocenters. The first kappa shape index (κ1) is 11.8. The summed E-state index contributed by atoms with van der Waals surface area (Å²) in [5.74, 6) is 1.68. The van der Waals surface area contributed by atoms with Crippen LogP contribution in [0.4, 0.5) is 5.82 Å². The number of anilines is 1. The molecule has 0 bridgehead atoms. The molecule has 2 aromatic heterocycles. The van der Waals surface area contributed by atoms with Crippen molar-refractivity contribution >= 4 is 11.5 Å². The zero-order chi connectivity index (χ0) is 12.3. The normalized spacial score (nSPS) is 11.5. The molecule has 0 aromatic carbocycles. The number of hydrogen-bond donors (Lipinski definition) is 1. The maximum absolute atomic E-state index is 5.74. The average Bonchev–Trinajstić information content (AvgIpc) is 2.74. The Labute approximate surface area is 100 Å². The lowest BCUT2D eigenvalue weighted by molar-refractivity contribution is 0.521. The smallest absolute Gasteiger partial charge is 0.220 e. The van der Waals surface area contributed by atoms with Crippen molar-refractivity contribution in [1.82, 2.24) is 24.8 Å². The minimum atomic E-state index is 0.380. The van der Waals surface area contributed by atoms with Crippen molar-refractivity contribution in [2.75, 3.05) is 5.73 Å². The Morgan fingerprint density at radius 3 is 2.59 bits per heavy atom. The molecule has 0 saturated heterocycles. The maximum atomic E-state index is 5.74. The quantitative estimate of drug-likeness (QED) is 0.852. The molecule has 2 heterocycles. The first-order valence-electron chi connectivity index (χ1n) is 6.09. The van der Waals surface area contributed by atoms with Gasteiger partial charge in [0.05, 0.1) is 0 Å². The molecule has 0 aliphatic heterocycles. The van der Waals surface area contributed by atoms with Crippen LogP contribution in [0.2, 0.25) is 0 Å². The van der Waals surface area contributed by atoms with Gasteiger partial charge in [0.2, 0.25) is 5.65 Å². The van der Waals surface area contributed by atoms with Gasteiger partial charge in [0.25, 0.3) is 0 Å². The van der Waals surface area contributed by atoms with Crippen LogP contribution >= 0.6 is 0 Å². The molecule has 6 nitrogen and oxygen atoms in total. The summed E-state index contributed by atoms with van der Waals surface area (Å²) in [5.41, 5.74) is 6.30. The SMILES string of the molecule is CCCC(CCC)c1nnc2c(N)ncnn12. The van der Waals surface area contributed by atoms with Gasteiger partial charge in [-0.05, 0) is 12.8 Å². The molecule has 6 heteroatoms. The number of nitrogens with two attached hydrogens (primary N) is 1. The molecule has 2 rings (SSSR count). The number of fused-ring (bicyclic) bond motifs is 1. The van der Waals surface area contributed by atoms with E-state index in [2.05, 4.69) is 34.1 Å². The summed E-state index contributed by atoms with van der Waals surface area (Å²) < 4.78 is 1.72. The molecular weight excluding hydrogens is 216 g/mol. The average molecular weight is 234 g/mol. The Morgan fingerprint density at radius 1 is 1.24 bits per heavy atom. The van der Waals surface area contributed by atoms with Gasteiger partial charge >= 0.3 is 0 Å². The van der Waals surface area contributed by atoms with E-state index >= 15 is 0 Å². The van der Waals surface area contributed by atoms with Gasteiger partial charge in [0.15, 0.2) is 11.6 Å². The number of rotatable bonds is 5. The lowest BCUT2D eigenvalue weighted by Crippen LogP contribution is -2.07. The van der Waals surface area contributed by atoms with Gasteiger partial charge in [-0.1, -0.05) is 26.7 Å². The van der Waals surface area contributed by atoms with Crippen LogP contribution in [0.1, 0.15) is 51.3 Å². The Balaban J connectivity index is 2.42. The second-order valence-electron chi connectivity index (χ2n) is 4.21. The molecule has 0 radical (unpaired) electrons. The van der Waals surface area contributed by atoms with E-state index in [-0.39, 0.29) is 0 Å². The number of hydrogen-bond acceptors (Lipinski definition) is 5. The Bertz CT molecular complexity index is 486. The highest BCUT2D eigenvalue weighted by atomic mass is 15.4. The summed E-state index contributed by atoms with van der Waals surface area (Å²) >= 11 is 0. The van der Waals surface area contributed by atoms with Crippen molar-refractivity contribution in [3.05, 3.63) is 12.2 Å². The summed E-state index contributed by atoms with van der Waals surface area (Å²) in [6, 6.07) is 0. The van der Waals surface area contributed by atoms with E-state index < -0.39 is 0 Å². The van der Waals surface area contributed by atoms with E-state index in [4.69, 9.17) is 5.73 Å². The molecule has 0 spiro atoms. The van der Waals surface area contributed by atoms with Crippen LogP contribution in [-0.2, 0) is 0 Å². The molecular formula is C11H18N6. The second-order valence-corrected chi connectivity index (χ2v) is 4.21. The molecule has 0 fully saturated rings. The third-order valence-electron chi connectivity index (χ3n) is 2.90. The first-order chi connectivity index (χ1) is 8.27. The summed E-state index contributed by atoms with van der Waals surface area (Å²) in [6.07, 6.45) is 5.89. The molecule has 2 aromatic rings. The van der Waals surface area contributed by atoms with Gasteiger partial charge < -0.3 is 5.73 Å². The van der Waals surface area contributed by atoms with Gasteiger partial charge in [-0.25, -0.2) is 4.98 Å². The fourth-order valence-electron chi connectivity index (χ4n) is 2.12. The highest BCUT2D eigenvalue weighted by Gasteiger charge is 2.18. The largest absolute Gasteiger partial charge is 0.380 e. The van der Waals surface area contributed by atoms with Gasteiger partial charge in [-0.3, -0.25) is 0 Å². The lowest BCUT2D eigenvalue weighted by Gasteiger charge is -2.12. The van der Waals surface area contributed by atoms with Crippen LogP contribution in [0, 0.1) is 0 Å². The molecule has 0 saturated carbocycles. The van der Waals surface area contributed by atoms with Crippen molar-refractivity contribution in [1.29, 1.82) is 0 Å². The molecule has 92 valence electrons. The van der Waals surface area contributed by atoms with E-state index in [1.807, 2.05) is 0 Å². The van der Waals surface area contributed by atoms with Crippen LogP contribution in [0.5, 0.6) is 0 Å². The van der Waals surface area contributed by atoms with E-state index in [1.54, 1.807) is 4.52 Å². The topological polar surface area (TPSA) is 82.0 Å². The second kappa shape index (κ2) is 5.07. The van der Waals surface area contributed by atoms with Gasteiger partial charge in [-0.15, -0.1) is 10.2 Å². The van der Waals surface area contributed by atoms with Crippen LogP contribution < -0.4 is 5.73 Å².